The van der Waals surface area contributed by atoms with Crippen LogP contribution < -0.4 is 15.4 Å². The lowest BCUT2D eigenvalue weighted by atomic mass is 9.88. The number of carbonyl (C=O) groups excluding carboxylic acids is 1. The number of rotatable bonds is 5. The lowest BCUT2D eigenvalue weighted by Gasteiger charge is -2.31. The maximum Gasteiger partial charge on any atom is 0.229 e. The molecule has 5 nitrogen and oxygen atoms in total. The van der Waals surface area contributed by atoms with Gasteiger partial charge < -0.3 is 15.4 Å². The second kappa shape index (κ2) is 6.64. The summed E-state index contributed by atoms with van der Waals surface area (Å²) in [6.07, 6.45) is 0. The van der Waals surface area contributed by atoms with Crippen molar-refractivity contribution in [1.82, 2.24) is 10.3 Å². The Morgan fingerprint density at radius 1 is 1.52 bits per heavy atom. The number of aromatic nitrogens is 1. The van der Waals surface area contributed by atoms with Crippen LogP contribution in [0.3, 0.4) is 0 Å². The van der Waals surface area contributed by atoms with E-state index in [0.717, 1.165) is 13.1 Å². The van der Waals surface area contributed by atoms with Crippen LogP contribution in [0.15, 0.2) is 23.6 Å². The van der Waals surface area contributed by atoms with E-state index in [-0.39, 0.29) is 17.6 Å². The van der Waals surface area contributed by atoms with Gasteiger partial charge in [0.2, 0.25) is 5.91 Å². The molecule has 7 heteroatoms. The van der Waals surface area contributed by atoms with Crippen LogP contribution in [0.5, 0.6) is 5.75 Å². The van der Waals surface area contributed by atoms with Gasteiger partial charge in [-0.1, -0.05) is 6.92 Å². The fourth-order valence-corrected chi connectivity index (χ4v) is 3.15. The number of amides is 1. The van der Waals surface area contributed by atoms with Gasteiger partial charge in [-0.05, 0) is 37.2 Å². The van der Waals surface area contributed by atoms with E-state index < -0.39 is 0 Å². The molecule has 1 atom stereocenters. The maximum atomic E-state index is 13.5. The highest BCUT2D eigenvalue weighted by Crippen LogP contribution is 2.33. The first kappa shape index (κ1) is 15.9. The van der Waals surface area contributed by atoms with Gasteiger partial charge in [0.25, 0.3) is 0 Å². The second-order valence-corrected chi connectivity index (χ2v) is 6.44. The third kappa shape index (κ3) is 3.35. The highest BCUT2D eigenvalue weighted by Gasteiger charge is 2.29. The van der Waals surface area contributed by atoms with E-state index in [1.807, 2.05) is 6.92 Å². The van der Waals surface area contributed by atoms with Gasteiger partial charge in [0.1, 0.15) is 11.6 Å². The van der Waals surface area contributed by atoms with Crippen LogP contribution in [0.2, 0.25) is 0 Å². The monoisotopic (exact) mass is 335 g/mol. The number of nitrogens with zero attached hydrogens (tertiary/aromatic N) is 1. The summed E-state index contributed by atoms with van der Waals surface area (Å²) < 4.78 is 18.7. The summed E-state index contributed by atoms with van der Waals surface area (Å²) in [5, 5.41) is 8.29. The predicted octanol–water partition coefficient (Wildman–Crippen LogP) is 2.75. The number of benzene rings is 1. The number of carbonyl (C=O) groups is 1. The van der Waals surface area contributed by atoms with E-state index in [9.17, 15) is 9.18 Å². The molecule has 1 aromatic heterocycles. The van der Waals surface area contributed by atoms with Gasteiger partial charge in [0, 0.05) is 16.9 Å². The van der Waals surface area contributed by atoms with Crippen LogP contribution in [-0.2, 0) is 4.79 Å². The summed E-state index contributed by atoms with van der Waals surface area (Å²) in [7, 11) is 1.53. The van der Waals surface area contributed by atoms with Crippen LogP contribution in [0.1, 0.15) is 6.92 Å². The Morgan fingerprint density at radius 3 is 2.96 bits per heavy atom. The van der Waals surface area contributed by atoms with Crippen LogP contribution in [0.25, 0.3) is 11.3 Å². The summed E-state index contributed by atoms with van der Waals surface area (Å²) in [5.41, 5.74) is 1.15. The molecule has 0 bridgehead atoms. The molecule has 1 aromatic carbocycles. The number of hydrogen-bond donors (Lipinski definition) is 2. The average Bonchev–Trinajstić information content (AvgIpc) is 2.93. The Labute approximate surface area is 137 Å². The quantitative estimate of drug-likeness (QED) is 0.882. The fraction of sp³-hybridized carbons (Fsp3) is 0.375. The zero-order valence-electron chi connectivity index (χ0n) is 12.9. The third-order valence-corrected chi connectivity index (χ3v) is 4.86. The molecular formula is C16H18FN3O2S. The molecule has 1 saturated heterocycles. The molecule has 0 spiro atoms. The molecule has 1 fully saturated rings. The normalized spacial score (nSPS) is 15.8. The molecular weight excluding hydrogens is 317 g/mol. The predicted molar refractivity (Wildman–Crippen MR) is 88.2 cm³/mol. The molecule has 1 aliphatic rings. The highest BCUT2D eigenvalue weighted by atomic mass is 32.1. The molecule has 1 unspecified atom stereocenters. The van der Waals surface area contributed by atoms with Crippen molar-refractivity contribution < 1.29 is 13.9 Å². The summed E-state index contributed by atoms with van der Waals surface area (Å²) in [4.78, 5) is 16.6. The number of halogens is 1. The largest absolute Gasteiger partial charge is 0.496 e. The number of methoxy groups -OCH3 is 1. The smallest absolute Gasteiger partial charge is 0.229 e. The first-order valence-corrected chi connectivity index (χ1v) is 8.27. The fourth-order valence-electron chi connectivity index (χ4n) is 2.43. The molecule has 3 rings (SSSR count). The Morgan fingerprint density at radius 2 is 2.30 bits per heavy atom. The molecule has 2 N–H and O–H groups in total. The van der Waals surface area contributed by atoms with Crippen molar-refractivity contribution in [2.45, 2.75) is 6.92 Å². The Balaban J connectivity index is 1.75. The number of ether oxygens (including phenoxy) is 1. The van der Waals surface area contributed by atoms with Crippen LogP contribution in [-0.4, -0.2) is 31.1 Å². The Bertz CT molecular complexity index is 715. The standard InChI is InChI=1S/C16H18FN3O2S/c1-9(10-6-18-7-10)15(21)20-16-19-13(8-23-16)12-5-11(17)3-4-14(12)22-2/h3-5,8-10,18H,6-7H2,1-2H3,(H,19,20,21). The number of nitrogens with one attached hydrogen (secondary N) is 2. The van der Waals surface area contributed by atoms with Crippen LogP contribution in [0, 0.1) is 17.7 Å². The van der Waals surface area contributed by atoms with Crippen molar-refractivity contribution in [2.75, 3.05) is 25.5 Å². The minimum atomic E-state index is -0.356. The minimum Gasteiger partial charge on any atom is -0.496 e. The van der Waals surface area contributed by atoms with Crippen LogP contribution in [0.4, 0.5) is 9.52 Å². The lowest BCUT2D eigenvalue weighted by Crippen LogP contribution is -2.48. The van der Waals surface area contributed by atoms with Crippen molar-refractivity contribution in [1.29, 1.82) is 0 Å². The van der Waals surface area contributed by atoms with E-state index in [1.54, 1.807) is 11.4 Å². The summed E-state index contributed by atoms with van der Waals surface area (Å²) >= 11 is 1.32. The van der Waals surface area contributed by atoms with Crippen LogP contribution >= 0.6 is 11.3 Å². The highest BCUT2D eigenvalue weighted by molar-refractivity contribution is 7.14. The zero-order chi connectivity index (χ0) is 16.4. The SMILES string of the molecule is COc1ccc(F)cc1-c1csc(NC(=O)C(C)C2CNC2)n1. The Hall–Kier alpha value is -1.99. The molecule has 2 aromatic rings. The first-order valence-electron chi connectivity index (χ1n) is 7.39. The molecule has 23 heavy (non-hydrogen) atoms. The van der Waals surface area contributed by atoms with E-state index in [1.165, 1.54) is 30.6 Å². The zero-order valence-corrected chi connectivity index (χ0v) is 13.7. The van der Waals surface area contributed by atoms with Crippen molar-refractivity contribution in [3.63, 3.8) is 0 Å². The molecule has 1 aliphatic heterocycles. The molecule has 122 valence electrons. The van der Waals surface area contributed by atoms with Crippen molar-refractivity contribution in [3.05, 3.63) is 29.4 Å². The topological polar surface area (TPSA) is 63.2 Å². The van der Waals surface area contributed by atoms with Crippen molar-refractivity contribution >= 4 is 22.4 Å². The molecule has 2 heterocycles. The van der Waals surface area contributed by atoms with Gasteiger partial charge in [-0.2, -0.15) is 0 Å². The van der Waals surface area contributed by atoms with E-state index in [4.69, 9.17) is 4.74 Å². The molecule has 0 radical (unpaired) electrons. The van der Waals surface area contributed by atoms with Gasteiger partial charge in [-0.15, -0.1) is 11.3 Å². The summed E-state index contributed by atoms with van der Waals surface area (Å²) in [5.74, 6) is 0.461. The molecule has 0 saturated carbocycles. The van der Waals surface area contributed by atoms with Crippen molar-refractivity contribution in [3.8, 4) is 17.0 Å². The van der Waals surface area contributed by atoms with Gasteiger partial charge in [-0.3, -0.25) is 4.79 Å². The van der Waals surface area contributed by atoms with E-state index in [0.29, 0.717) is 28.1 Å². The molecule has 0 aliphatic carbocycles. The first-order chi connectivity index (χ1) is 11.1. The summed E-state index contributed by atoms with van der Waals surface area (Å²) in [6.45, 7) is 3.67. The summed E-state index contributed by atoms with van der Waals surface area (Å²) in [6, 6.07) is 4.28. The van der Waals surface area contributed by atoms with Gasteiger partial charge in [-0.25, -0.2) is 9.37 Å². The number of hydrogen-bond acceptors (Lipinski definition) is 5. The minimum absolute atomic E-state index is 0.0383. The average molecular weight is 335 g/mol. The number of thiazole rings is 1. The lowest BCUT2D eigenvalue weighted by molar-refractivity contribution is -0.121. The number of anilines is 1. The van der Waals surface area contributed by atoms with Gasteiger partial charge in [0.05, 0.1) is 12.8 Å². The van der Waals surface area contributed by atoms with E-state index >= 15 is 0 Å². The maximum absolute atomic E-state index is 13.5. The van der Waals surface area contributed by atoms with Crippen molar-refractivity contribution in [2.24, 2.45) is 11.8 Å². The molecule has 1 amide bonds. The van der Waals surface area contributed by atoms with Gasteiger partial charge in [0.15, 0.2) is 5.13 Å². The Kier molecular flexibility index (Phi) is 4.58. The third-order valence-electron chi connectivity index (χ3n) is 4.11. The van der Waals surface area contributed by atoms with E-state index in [2.05, 4.69) is 15.6 Å². The second-order valence-electron chi connectivity index (χ2n) is 5.58. The van der Waals surface area contributed by atoms with Gasteiger partial charge >= 0.3 is 0 Å².